The summed E-state index contributed by atoms with van der Waals surface area (Å²) in [4.78, 5) is 26.8. The summed E-state index contributed by atoms with van der Waals surface area (Å²) >= 11 is 0. The summed E-state index contributed by atoms with van der Waals surface area (Å²) in [6.45, 7) is 7.61. The minimum atomic E-state index is -0.150. The number of hydrogen-bond acceptors (Lipinski definition) is 3. The molecule has 1 aliphatic heterocycles. The summed E-state index contributed by atoms with van der Waals surface area (Å²) in [6.07, 6.45) is 5.47. The van der Waals surface area contributed by atoms with Gasteiger partial charge in [0.25, 0.3) is 5.91 Å². The van der Waals surface area contributed by atoms with Crippen LogP contribution in [0.3, 0.4) is 0 Å². The molecule has 0 aliphatic carbocycles. The van der Waals surface area contributed by atoms with Gasteiger partial charge in [-0.3, -0.25) is 4.79 Å². The lowest BCUT2D eigenvalue weighted by Gasteiger charge is -2.33. The van der Waals surface area contributed by atoms with Crippen LogP contribution >= 0.6 is 0 Å². The van der Waals surface area contributed by atoms with Crippen LogP contribution in [-0.2, 0) is 6.42 Å². The van der Waals surface area contributed by atoms with E-state index in [1.165, 1.54) is 18.1 Å². The standard InChI is InChI=1S/C23H31N3O3/c1-4-17-5-7-18(8-6-17)21(16(2)3)25-23(28)24-20-9-12-26(13-10-20)22(27)19-11-14-29-15-19/h5-8,11,14-16,20-21H,4,9-10,12-13H2,1-3H3,(H2,24,25,28). The van der Waals surface area contributed by atoms with Crippen LogP contribution < -0.4 is 10.6 Å². The number of furan rings is 1. The number of nitrogens with one attached hydrogen (secondary N) is 2. The SMILES string of the molecule is CCc1ccc(C(NC(=O)NC2CCN(C(=O)c3ccoc3)CC2)C(C)C)cc1. The van der Waals surface area contributed by atoms with Crippen LogP contribution in [0.1, 0.15) is 61.1 Å². The Balaban J connectivity index is 1.51. The summed E-state index contributed by atoms with van der Waals surface area (Å²) < 4.78 is 4.99. The van der Waals surface area contributed by atoms with E-state index < -0.39 is 0 Å². The molecule has 2 heterocycles. The molecule has 1 aliphatic rings. The lowest BCUT2D eigenvalue weighted by atomic mass is 9.95. The van der Waals surface area contributed by atoms with Gasteiger partial charge in [-0.1, -0.05) is 45.0 Å². The zero-order valence-electron chi connectivity index (χ0n) is 17.5. The fourth-order valence-electron chi connectivity index (χ4n) is 3.76. The maximum Gasteiger partial charge on any atom is 0.315 e. The monoisotopic (exact) mass is 397 g/mol. The summed E-state index contributed by atoms with van der Waals surface area (Å²) in [5.41, 5.74) is 2.98. The number of rotatable bonds is 6. The molecule has 1 saturated heterocycles. The van der Waals surface area contributed by atoms with E-state index in [1.807, 2.05) is 4.90 Å². The molecule has 1 fully saturated rings. The van der Waals surface area contributed by atoms with Crippen molar-refractivity contribution in [1.82, 2.24) is 15.5 Å². The van der Waals surface area contributed by atoms with Gasteiger partial charge in [0.15, 0.2) is 0 Å². The molecule has 2 N–H and O–H groups in total. The van der Waals surface area contributed by atoms with E-state index in [0.717, 1.165) is 24.8 Å². The molecule has 0 saturated carbocycles. The van der Waals surface area contributed by atoms with E-state index in [2.05, 4.69) is 55.7 Å². The largest absolute Gasteiger partial charge is 0.472 e. The number of carbonyl (C=O) groups is 2. The van der Waals surface area contributed by atoms with E-state index in [9.17, 15) is 9.59 Å². The minimum absolute atomic E-state index is 0.0166. The Morgan fingerprint density at radius 1 is 1.14 bits per heavy atom. The van der Waals surface area contributed by atoms with Crippen LogP contribution in [-0.4, -0.2) is 36.0 Å². The molecule has 156 valence electrons. The van der Waals surface area contributed by atoms with E-state index in [0.29, 0.717) is 18.7 Å². The van der Waals surface area contributed by atoms with Gasteiger partial charge in [-0.2, -0.15) is 0 Å². The van der Waals surface area contributed by atoms with Gasteiger partial charge in [-0.25, -0.2) is 4.79 Å². The number of amides is 3. The Morgan fingerprint density at radius 2 is 1.83 bits per heavy atom. The number of piperidine rings is 1. The maximum atomic E-state index is 12.6. The number of carbonyl (C=O) groups excluding carboxylic acids is 2. The second-order valence-electron chi connectivity index (χ2n) is 8.01. The molecular formula is C23H31N3O3. The first-order chi connectivity index (χ1) is 14.0. The molecule has 2 aromatic rings. The van der Waals surface area contributed by atoms with Crippen molar-refractivity contribution in [2.24, 2.45) is 5.92 Å². The van der Waals surface area contributed by atoms with Gasteiger partial charge in [-0.05, 0) is 42.4 Å². The normalized spacial score (nSPS) is 15.9. The predicted molar refractivity (Wildman–Crippen MR) is 113 cm³/mol. The van der Waals surface area contributed by atoms with Crippen LogP contribution in [0.2, 0.25) is 0 Å². The lowest BCUT2D eigenvalue weighted by Crippen LogP contribution is -2.50. The molecule has 1 aromatic carbocycles. The third-order valence-corrected chi connectivity index (χ3v) is 5.59. The molecule has 3 amide bonds. The highest BCUT2D eigenvalue weighted by Gasteiger charge is 2.26. The highest BCUT2D eigenvalue weighted by Crippen LogP contribution is 2.22. The fraction of sp³-hybridized carbons (Fsp3) is 0.478. The number of urea groups is 1. The Kier molecular flexibility index (Phi) is 6.96. The number of likely N-dealkylation sites (tertiary alicyclic amines) is 1. The van der Waals surface area contributed by atoms with Crippen LogP contribution in [0.4, 0.5) is 4.79 Å². The van der Waals surface area contributed by atoms with Gasteiger partial charge in [0.1, 0.15) is 6.26 Å². The minimum Gasteiger partial charge on any atom is -0.472 e. The number of hydrogen-bond donors (Lipinski definition) is 2. The van der Waals surface area contributed by atoms with Crippen molar-refractivity contribution >= 4 is 11.9 Å². The van der Waals surface area contributed by atoms with Gasteiger partial charge < -0.3 is 20.0 Å². The van der Waals surface area contributed by atoms with E-state index in [-0.39, 0.29) is 29.9 Å². The van der Waals surface area contributed by atoms with Gasteiger partial charge in [0.2, 0.25) is 0 Å². The number of nitrogens with zero attached hydrogens (tertiary/aromatic N) is 1. The molecule has 1 atom stereocenters. The first-order valence-electron chi connectivity index (χ1n) is 10.4. The van der Waals surface area contributed by atoms with Crippen LogP contribution in [0.25, 0.3) is 0 Å². The Morgan fingerprint density at radius 3 is 2.38 bits per heavy atom. The molecule has 0 spiro atoms. The van der Waals surface area contributed by atoms with Gasteiger partial charge >= 0.3 is 6.03 Å². The Bertz CT molecular complexity index is 791. The molecule has 0 bridgehead atoms. The molecule has 1 unspecified atom stereocenters. The van der Waals surface area contributed by atoms with Gasteiger partial charge in [-0.15, -0.1) is 0 Å². The molecule has 1 aromatic heterocycles. The Labute approximate surface area is 172 Å². The van der Waals surface area contributed by atoms with Crippen molar-refractivity contribution in [3.05, 3.63) is 59.5 Å². The summed E-state index contributed by atoms with van der Waals surface area (Å²) in [5.74, 6) is 0.264. The molecule has 29 heavy (non-hydrogen) atoms. The first-order valence-corrected chi connectivity index (χ1v) is 10.4. The lowest BCUT2D eigenvalue weighted by molar-refractivity contribution is 0.0707. The Hall–Kier alpha value is -2.76. The molecular weight excluding hydrogens is 366 g/mol. The zero-order valence-corrected chi connectivity index (χ0v) is 17.5. The summed E-state index contributed by atoms with van der Waals surface area (Å²) in [6, 6.07) is 10.0. The molecule has 6 heteroatoms. The van der Waals surface area contributed by atoms with E-state index in [4.69, 9.17) is 4.42 Å². The highest BCUT2D eigenvalue weighted by molar-refractivity contribution is 5.93. The van der Waals surface area contributed by atoms with Gasteiger partial charge in [0, 0.05) is 19.1 Å². The number of benzene rings is 1. The van der Waals surface area contributed by atoms with Crippen LogP contribution in [0, 0.1) is 5.92 Å². The summed E-state index contributed by atoms with van der Waals surface area (Å²) in [5, 5.41) is 6.22. The van der Waals surface area contributed by atoms with Crippen LogP contribution in [0.15, 0.2) is 47.3 Å². The van der Waals surface area contributed by atoms with Gasteiger partial charge in [0.05, 0.1) is 17.9 Å². The van der Waals surface area contributed by atoms with Crippen molar-refractivity contribution in [2.75, 3.05) is 13.1 Å². The predicted octanol–water partition coefficient (Wildman–Crippen LogP) is 4.14. The second kappa shape index (κ2) is 9.63. The van der Waals surface area contributed by atoms with Crippen molar-refractivity contribution in [1.29, 1.82) is 0 Å². The van der Waals surface area contributed by atoms with E-state index >= 15 is 0 Å². The third-order valence-electron chi connectivity index (χ3n) is 5.59. The molecule has 3 rings (SSSR count). The third kappa shape index (κ3) is 5.40. The number of aryl methyl sites for hydroxylation is 1. The first kappa shape index (κ1) is 21.0. The quantitative estimate of drug-likeness (QED) is 0.769. The average molecular weight is 398 g/mol. The smallest absolute Gasteiger partial charge is 0.315 e. The van der Waals surface area contributed by atoms with Crippen molar-refractivity contribution in [3.8, 4) is 0 Å². The maximum absolute atomic E-state index is 12.6. The molecule has 0 radical (unpaired) electrons. The van der Waals surface area contributed by atoms with E-state index in [1.54, 1.807) is 6.07 Å². The zero-order chi connectivity index (χ0) is 20.8. The van der Waals surface area contributed by atoms with Crippen molar-refractivity contribution in [2.45, 2.75) is 52.1 Å². The molecule has 6 nitrogen and oxygen atoms in total. The average Bonchev–Trinajstić information content (AvgIpc) is 3.27. The van der Waals surface area contributed by atoms with Crippen molar-refractivity contribution < 1.29 is 14.0 Å². The van der Waals surface area contributed by atoms with Crippen LogP contribution in [0.5, 0.6) is 0 Å². The fourth-order valence-corrected chi connectivity index (χ4v) is 3.76. The topological polar surface area (TPSA) is 74.6 Å². The second-order valence-corrected chi connectivity index (χ2v) is 8.01. The van der Waals surface area contributed by atoms with Crippen molar-refractivity contribution in [3.63, 3.8) is 0 Å². The summed E-state index contributed by atoms with van der Waals surface area (Å²) in [7, 11) is 0. The highest BCUT2D eigenvalue weighted by atomic mass is 16.3.